The van der Waals surface area contributed by atoms with Gasteiger partial charge in [-0.2, -0.15) is 0 Å². The second kappa shape index (κ2) is 10.6. The number of halogens is 1. The molecule has 0 radical (unpaired) electrons. The lowest BCUT2D eigenvalue weighted by molar-refractivity contribution is 0.0958. The lowest BCUT2D eigenvalue weighted by Gasteiger charge is -2.39. The van der Waals surface area contributed by atoms with Gasteiger partial charge in [0.15, 0.2) is 0 Å². The third-order valence-corrected chi connectivity index (χ3v) is 6.89. The highest BCUT2D eigenvalue weighted by Crippen LogP contribution is 2.49. The van der Waals surface area contributed by atoms with E-state index in [0.717, 1.165) is 12.2 Å². The molecule has 0 aromatic heterocycles. The Balaban J connectivity index is 0.00000272. The molecule has 1 amide bonds. The highest BCUT2D eigenvalue weighted by Gasteiger charge is 2.29. The first-order valence-corrected chi connectivity index (χ1v) is 11.7. The number of carbonyl (C=O) groups excluding carboxylic acids is 1. The molecule has 0 saturated carbocycles. The summed E-state index contributed by atoms with van der Waals surface area (Å²) in [4.78, 5) is 20.2. The molecule has 0 spiro atoms. The predicted molar refractivity (Wildman–Crippen MR) is 133 cm³/mol. The summed E-state index contributed by atoms with van der Waals surface area (Å²) >= 11 is 1.79. The average Bonchev–Trinajstić information content (AvgIpc) is 3.24. The zero-order valence-electron chi connectivity index (χ0n) is 18.6. The van der Waals surface area contributed by atoms with Crippen molar-refractivity contribution in [3.8, 4) is 0 Å². The van der Waals surface area contributed by atoms with E-state index in [1.54, 1.807) is 11.8 Å². The van der Waals surface area contributed by atoms with Crippen LogP contribution in [-0.4, -0.2) is 43.0 Å². The summed E-state index contributed by atoms with van der Waals surface area (Å²) in [5.41, 5.74) is 4.30. The van der Waals surface area contributed by atoms with Crippen molar-refractivity contribution in [3.63, 3.8) is 0 Å². The monoisotopic (exact) mass is 457 g/mol. The van der Waals surface area contributed by atoms with Crippen molar-refractivity contribution in [3.05, 3.63) is 59.7 Å². The summed E-state index contributed by atoms with van der Waals surface area (Å²) in [6.07, 6.45) is 4.63. The molecule has 1 fully saturated rings. The Morgan fingerprint density at radius 2 is 1.81 bits per heavy atom. The summed E-state index contributed by atoms with van der Waals surface area (Å²) in [5, 5.41) is 3.01. The summed E-state index contributed by atoms with van der Waals surface area (Å²) in [6, 6.07) is 15.0. The molecule has 2 aliphatic rings. The Bertz CT molecular complexity index is 952. The van der Waals surface area contributed by atoms with Crippen LogP contribution < -0.4 is 10.2 Å². The van der Waals surface area contributed by atoms with Crippen LogP contribution in [0.1, 0.15) is 44.0 Å². The molecule has 4 rings (SSSR count). The number of nitrogens with zero attached hydrogens (tertiary/aromatic N) is 2. The van der Waals surface area contributed by atoms with Crippen molar-refractivity contribution in [1.82, 2.24) is 10.2 Å². The van der Waals surface area contributed by atoms with E-state index >= 15 is 0 Å². The molecule has 0 unspecified atom stereocenters. The molecule has 1 saturated heterocycles. The number of nitrogens with one attached hydrogen (secondary N) is 1. The highest BCUT2D eigenvalue weighted by atomic mass is 35.5. The second-order valence-electron chi connectivity index (χ2n) is 8.47. The number of carbonyl (C=O) groups is 1. The maximum absolute atomic E-state index is 12.7. The van der Waals surface area contributed by atoms with Gasteiger partial charge in [-0.25, -0.2) is 0 Å². The van der Waals surface area contributed by atoms with Crippen LogP contribution in [0.25, 0.3) is 0 Å². The van der Waals surface area contributed by atoms with E-state index < -0.39 is 0 Å². The minimum Gasteiger partial charge on any atom is -0.349 e. The van der Waals surface area contributed by atoms with Crippen LogP contribution in [0.15, 0.2) is 63.9 Å². The Morgan fingerprint density at radius 1 is 1.10 bits per heavy atom. The fraction of sp³-hybridized carbons (Fsp3) is 0.400. The Hall–Kier alpha value is -1.95. The first-order valence-electron chi connectivity index (χ1n) is 10.9. The van der Waals surface area contributed by atoms with Crippen molar-refractivity contribution >= 4 is 41.5 Å². The molecular formula is C25H32ClN3OS. The Kier molecular flexibility index (Phi) is 8.09. The van der Waals surface area contributed by atoms with Gasteiger partial charge in [0.1, 0.15) is 0 Å². The van der Waals surface area contributed by atoms with Crippen LogP contribution >= 0.6 is 24.2 Å². The molecule has 4 nitrogen and oxygen atoms in total. The summed E-state index contributed by atoms with van der Waals surface area (Å²) in [7, 11) is 0. The van der Waals surface area contributed by atoms with Crippen LogP contribution in [0.3, 0.4) is 0 Å². The average molecular weight is 458 g/mol. The molecule has 0 bridgehead atoms. The van der Waals surface area contributed by atoms with E-state index in [0.29, 0.717) is 18.2 Å². The smallest absolute Gasteiger partial charge is 0.251 e. The molecule has 1 atom stereocenters. The molecule has 0 aliphatic carbocycles. The van der Waals surface area contributed by atoms with Gasteiger partial charge in [0.2, 0.25) is 0 Å². The number of hydrogen-bond acceptors (Lipinski definition) is 4. The van der Waals surface area contributed by atoms with Gasteiger partial charge < -0.3 is 15.1 Å². The van der Waals surface area contributed by atoms with E-state index in [-0.39, 0.29) is 18.3 Å². The quantitative estimate of drug-likeness (QED) is 0.548. The molecule has 31 heavy (non-hydrogen) atoms. The van der Waals surface area contributed by atoms with E-state index in [2.05, 4.69) is 58.4 Å². The lowest BCUT2D eigenvalue weighted by atomic mass is 10.1. The second-order valence-corrected chi connectivity index (χ2v) is 9.55. The van der Waals surface area contributed by atoms with Gasteiger partial charge in [0, 0.05) is 34.5 Å². The fourth-order valence-electron chi connectivity index (χ4n) is 4.27. The number of amides is 1. The van der Waals surface area contributed by atoms with Crippen LogP contribution in [0, 0.1) is 0 Å². The lowest BCUT2D eigenvalue weighted by Crippen LogP contribution is -2.40. The molecule has 2 aromatic rings. The van der Waals surface area contributed by atoms with E-state index in [1.807, 2.05) is 26.0 Å². The molecule has 2 aromatic carbocycles. The van der Waals surface area contributed by atoms with Gasteiger partial charge >= 0.3 is 0 Å². The number of rotatable bonds is 6. The first-order chi connectivity index (χ1) is 14.5. The minimum absolute atomic E-state index is 0. The third kappa shape index (κ3) is 5.46. The number of benzene rings is 2. The van der Waals surface area contributed by atoms with Gasteiger partial charge in [-0.05, 0) is 77.0 Å². The zero-order chi connectivity index (χ0) is 21.1. The van der Waals surface area contributed by atoms with Gasteiger partial charge in [0.05, 0.1) is 11.4 Å². The van der Waals surface area contributed by atoms with Crippen LogP contribution in [0.2, 0.25) is 0 Å². The summed E-state index contributed by atoms with van der Waals surface area (Å²) < 4.78 is 0. The molecule has 2 aliphatic heterocycles. The van der Waals surface area contributed by atoms with Crippen molar-refractivity contribution in [1.29, 1.82) is 0 Å². The van der Waals surface area contributed by atoms with Gasteiger partial charge in [-0.1, -0.05) is 35.5 Å². The molecule has 2 heterocycles. The topological polar surface area (TPSA) is 35.6 Å². The largest absolute Gasteiger partial charge is 0.349 e. The van der Waals surface area contributed by atoms with Crippen molar-refractivity contribution in [2.24, 2.45) is 0 Å². The standard InChI is InChI=1S/C25H31N3OS.ClH/c1-18(2)12-13-26-25(29)20-10-11-24-22(16-20)28(19(3)17-27-14-6-7-15-27)21-8-4-5-9-23(21)30-24;/h4-5,8-12,16,19H,6-7,13-15,17H2,1-3H3,(H,26,29);1H/t19-;/m1./s1. The Labute approximate surface area is 196 Å². The fourth-order valence-corrected chi connectivity index (χ4v) is 5.32. The summed E-state index contributed by atoms with van der Waals surface area (Å²) in [5.74, 6) is -0.0219. The molecular weight excluding hydrogens is 426 g/mol. The Morgan fingerprint density at radius 3 is 2.55 bits per heavy atom. The molecule has 166 valence electrons. The zero-order valence-corrected chi connectivity index (χ0v) is 20.2. The summed E-state index contributed by atoms with van der Waals surface area (Å²) in [6.45, 7) is 10.4. The van der Waals surface area contributed by atoms with Gasteiger partial charge in [0.25, 0.3) is 5.91 Å². The SMILES string of the molecule is CC(C)=CCNC(=O)c1ccc2c(c1)N([C@H](C)CN1CCCC1)c1ccccc1S2.Cl. The highest BCUT2D eigenvalue weighted by molar-refractivity contribution is 7.99. The van der Waals surface area contributed by atoms with Crippen molar-refractivity contribution in [2.75, 3.05) is 31.1 Å². The normalized spacial score (nSPS) is 16.0. The number of para-hydroxylation sites is 1. The van der Waals surface area contributed by atoms with E-state index in [9.17, 15) is 4.79 Å². The number of allylic oxidation sites excluding steroid dienone is 1. The number of fused-ring (bicyclic) bond motifs is 2. The van der Waals surface area contributed by atoms with Crippen molar-refractivity contribution < 1.29 is 4.79 Å². The maximum Gasteiger partial charge on any atom is 0.251 e. The number of hydrogen-bond donors (Lipinski definition) is 1. The van der Waals surface area contributed by atoms with E-state index in [4.69, 9.17) is 0 Å². The molecule has 1 N–H and O–H groups in total. The molecule has 6 heteroatoms. The number of anilines is 2. The van der Waals surface area contributed by atoms with Crippen LogP contribution in [0.5, 0.6) is 0 Å². The van der Waals surface area contributed by atoms with E-state index in [1.165, 1.54) is 47.0 Å². The first kappa shape index (κ1) is 23.7. The predicted octanol–water partition coefficient (Wildman–Crippen LogP) is 5.89. The maximum atomic E-state index is 12.7. The van der Waals surface area contributed by atoms with Crippen LogP contribution in [-0.2, 0) is 0 Å². The van der Waals surface area contributed by atoms with Crippen LogP contribution in [0.4, 0.5) is 11.4 Å². The minimum atomic E-state index is -0.0219. The van der Waals surface area contributed by atoms with Crippen molar-refractivity contribution in [2.45, 2.75) is 49.4 Å². The van der Waals surface area contributed by atoms with Gasteiger partial charge in [-0.3, -0.25) is 4.79 Å². The number of likely N-dealkylation sites (tertiary alicyclic amines) is 1. The van der Waals surface area contributed by atoms with Gasteiger partial charge in [-0.15, -0.1) is 12.4 Å². The third-order valence-electron chi connectivity index (χ3n) is 5.76.